The lowest BCUT2D eigenvalue weighted by molar-refractivity contribution is -0.138. The molecule has 9 heteroatoms. The Labute approximate surface area is 131 Å². The van der Waals surface area contributed by atoms with Gasteiger partial charge in [0.25, 0.3) is 0 Å². The van der Waals surface area contributed by atoms with Crippen molar-refractivity contribution in [2.24, 2.45) is 0 Å². The van der Waals surface area contributed by atoms with E-state index in [9.17, 15) is 13.2 Å². The zero-order chi connectivity index (χ0) is 16.0. The molecule has 0 amide bonds. The monoisotopic (exact) mass is 335 g/mol. The molecule has 0 radical (unpaired) electrons. The van der Waals surface area contributed by atoms with Crippen LogP contribution in [0, 0.1) is 0 Å². The summed E-state index contributed by atoms with van der Waals surface area (Å²) >= 11 is 0.481. The van der Waals surface area contributed by atoms with Crippen molar-refractivity contribution < 1.29 is 13.2 Å². The van der Waals surface area contributed by atoms with E-state index in [2.05, 4.69) is 20.3 Å². The van der Waals surface area contributed by atoms with Gasteiger partial charge in [-0.15, -0.1) is 15.3 Å². The molecule has 0 N–H and O–H groups in total. The molecule has 3 heterocycles. The zero-order valence-electron chi connectivity index (χ0n) is 11.4. The minimum Gasteiger partial charge on any atom is -0.256 e. The molecule has 1 aromatic carbocycles. The van der Waals surface area contributed by atoms with E-state index in [0.717, 1.165) is 21.0 Å². The third kappa shape index (κ3) is 2.52. The van der Waals surface area contributed by atoms with E-state index < -0.39 is 11.2 Å². The summed E-state index contributed by atoms with van der Waals surface area (Å²) in [5.74, 6) is 0.370. The first-order chi connectivity index (χ1) is 11.0. The van der Waals surface area contributed by atoms with E-state index in [1.54, 1.807) is 6.20 Å². The number of nitrogens with zero attached hydrogens (tertiary/aromatic N) is 5. The first-order valence-electron chi connectivity index (χ1n) is 6.63. The van der Waals surface area contributed by atoms with Gasteiger partial charge in [-0.1, -0.05) is 23.5 Å². The van der Waals surface area contributed by atoms with Crippen molar-refractivity contribution in [1.29, 1.82) is 0 Å². The van der Waals surface area contributed by atoms with Crippen molar-refractivity contribution in [3.05, 3.63) is 52.9 Å². The molecule has 0 atom stereocenters. The van der Waals surface area contributed by atoms with Gasteiger partial charge >= 0.3 is 6.18 Å². The molecule has 4 aromatic rings. The summed E-state index contributed by atoms with van der Waals surface area (Å²) < 4.78 is 39.3. The van der Waals surface area contributed by atoms with Gasteiger partial charge in [0.05, 0.1) is 5.52 Å². The minimum atomic E-state index is -4.47. The molecule has 23 heavy (non-hydrogen) atoms. The molecule has 3 aromatic heterocycles. The van der Waals surface area contributed by atoms with Gasteiger partial charge in [-0.3, -0.25) is 4.98 Å². The van der Waals surface area contributed by atoms with E-state index in [0.29, 0.717) is 23.6 Å². The predicted molar refractivity (Wildman–Crippen MR) is 78.2 cm³/mol. The first-order valence-corrected chi connectivity index (χ1v) is 7.44. The van der Waals surface area contributed by atoms with E-state index in [1.165, 1.54) is 0 Å². The Bertz CT molecular complexity index is 1000. The van der Waals surface area contributed by atoms with Crippen LogP contribution < -0.4 is 0 Å². The molecule has 0 saturated carbocycles. The number of fused-ring (bicyclic) bond motifs is 2. The Hall–Kier alpha value is -2.55. The Morgan fingerprint density at radius 3 is 2.83 bits per heavy atom. The average molecular weight is 335 g/mol. The summed E-state index contributed by atoms with van der Waals surface area (Å²) in [6, 6.07) is 9.42. The molecule has 0 unspecified atom stereocenters. The van der Waals surface area contributed by atoms with Crippen LogP contribution in [0.15, 0.2) is 36.5 Å². The highest BCUT2D eigenvalue weighted by molar-refractivity contribution is 7.16. The van der Waals surface area contributed by atoms with Crippen LogP contribution in [0.25, 0.3) is 15.9 Å². The third-order valence-electron chi connectivity index (χ3n) is 3.33. The number of hydrogen-bond acceptors (Lipinski definition) is 5. The van der Waals surface area contributed by atoms with Gasteiger partial charge in [0.15, 0.2) is 5.82 Å². The molecule has 0 aliphatic heterocycles. The van der Waals surface area contributed by atoms with Gasteiger partial charge in [-0.05, 0) is 23.8 Å². The summed E-state index contributed by atoms with van der Waals surface area (Å²) in [6.45, 7) is 0. The fraction of sp³-hybridized carbons (Fsp3) is 0.143. The van der Waals surface area contributed by atoms with Crippen LogP contribution >= 0.6 is 11.3 Å². The van der Waals surface area contributed by atoms with E-state index in [4.69, 9.17) is 0 Å². The molecule has 0 bridgehead atoms. The highest BCUT2D eigenvalue weighted by Crippen LogP contribution is 2.32. The molecule has 0 aliphatic rings. The number of alkyl halides is 3. The highest BCUT2D eigenvalue weighted by Gasteiger charge is 2.36. The van der Waals surface area contributed by atoms with E-state index in [1.807, 2.05) is 30.3 Å². The second-order valence-corrected chi connectivity index (χ2v) is 5.88. The normalized spacial score (nSPS) is 12.3. The first kappa shape index (κ1) is 14.1. The van der Waals surface area contributed by atoms with Crippen molar-refractivity contribution in [3.8, 4) is 0 Å². The fourth-order valence-electron chi connectivity index (χ4n) is 2.30. The number of aromatic nitrogens is 5. The Kier molecular flexibility index (Phi) is 3.05. The molecular formula is C14H8F3N5S. The number of rotatable bonds is 2. The maximum atomic E-state index is 12.7. The second kappa shape index (κ2) is 4.98. The summed E-state index contributed by atoms with van der Waals surface area (Å²) in [5, 5.41) is 11.3. The van der Waals surface area contributed by atoms with Crippen molar-refractivity contribution in [3.63, 3.8) is 0 Å². The smallest absolute Gasteiger partial charge is 0.256 e. The van der Waals surface area contributed by atoms with Crippen LogP contribution in [-0.2, 0) is 12.6 Å². The van der Waals surface area contributed by atoms with Crippen LogP contribution in [0.3, 0.4) is 0 Å². The lowest BCUT2D eigenvalue weighted by Gasteiger charge is -2.02. The minimum absolute atomic E-state index is 0.134. The van der Waals surface area contributed by atoms with Crippen molar-refractivity contribution in [2.45, 2.75) is 12.6 Å². The van der Waals surface area contributed by atoms with Crippen LogP contribution in [0.1, 0.15) is 16.4 Å². The molecule has 4 rings (SSSR count). The van der Waals surface area contributed by atoms with Gasteiger partial charge in [-0.25, -0.2) is 0 Å². The van der Waals surface area contributed by atoms with Crippen LogP contribution in [0.4, 0.5) is 13.2 Å². The van der Waals surface area contributed by atoms with Crippen LogP contribution in [0.5, 0.6) is 0 Å². The Morgan fingerprint density at radius 2 is 2.00 bits per heavy atom. The molecular weight excluding hydrogens is 327 g/mol. The van der Waals surface area contributed by atoms with E-state index in [-0.39, 0.29) is 4.96 Å². The lowest BCUT2D eigenvalue weighted by atomic mass is 10.1. The maximum absolute atomic E-state index is 12.7. The quantitative estimate of drug-likeness (QED) is 0.564. The van der Waals surface area contributed by atoms with Crippen molar-refractivity contribution in [1.82, 2.24) is 24.8 Å². The summed E-state index contributed by atoms with van der Waals surface area (Å²) in [4.78, 5) is 4.36. The number of benzene rings is 1. The summed E-state index contributed by atoms with van der Waals surface area (Å²) in [6.07, 6.45) is -2.43. The Balaban J connectivity index is 1.72. The van der Waals surface area contributed by atoms with Gasteiger partial charge in [0, 0.05) is 18.0 Å². The Morgan fingerprint density at radius 1 is 1.13 bits per heavy atom. The largest absolute Gasteiger partial charge is 0.445 e. The molecule has 116 valence electrons. The molecule has 0 saturated heterocycles. The molecule has 0 spiro atoms. The molecule has 0 fully saturated rings. The standard InChI is InChI=1S/C14H8F3N5S/c15-14(16,17)12-21-22-11(19-20-13(22)23-12)7-8-3-4-10-9(6-8)2-1-5-18-10/h1-6H,7H2. The number of pyridine rings is 1. The van der Waals surface area contributed by atoms with Gasteiger partial charge in [-0.2, -0.15) is 17.7 Å². The van der Waals surface area contributed by atoms with Crippen molar-refractivity contribution >= 4 is 27.2 Å². The number of halogens is 3. The third-order valence-corrected chi connectivity index (χ3v) is 4.27. The molecule has 0 aliphatic carbocycles. The lowest BCUT2D eigenvalue weighted by Crippen LogP contribution is -2.06. The van der Waals surface area contributed by atoms with Gasteiger partial charge in [0.2, 0.25) is 9.97 Å². The second-order valence-electron chi connectivity index (χ2n) is 4.92. The average Bonchev–Trinajstić information content (AvgIpc) is 3.09. The zero-order valence-corrected chi connectivity index (χ0v) is 12.3. The van der Waals surface area contributed by atoms with Gasteiger partial charge in [0.1, 0.15) is 0 Å². The SMILES string of the molecule is FC(F)(F)c1nn2c(Cc3ccc4ncccc4c3)nnc2s1. The molecule has 5 nitrogen and oxygen atoms in total. The summed E-state index contributed by atoms with van der Waals surface area (Å²) in [5.41, 5.74) is 1.76. The van der Waals surface area contributed by atoms with Crippen molar-refractivity contribution in [2.75, 3.05) is 0 Å². The van der Waals surface area contributed by atoms with Crippen LogP contribution in [-0.4, -0.2) is 24.8 Å². The summed E-state index contributed by atoms with van der Waals surface area (Å²) in [7, 11) is 0. The topological polar surface area (TPSA) is 56.0 Å². The van der Waals surface area contributed by atoms with Crippen LogP contribution in [0.2, 0.25) is 0 Å². The fourth-order valence-corrected chi connectivity index (χ4v) is 3.03. The predicted octanol–water partition coefficient (Wildman–Crippen LogP) is 3.34. The number of hydrogen-bond donors (Lipinski definition) is 0. The van der Waals surface area contributed by atoms with E-state index >= 15 is 0 Å². The van der Waals surface area contributed by atoms with Gasteiger partial charge < -0.3 is 0 Å². The highest BCUT2D eigenvalue weighted by atomic mass is 32.1. The maximum Gasteiger partial charge on any atom is 0.445 e.